The Balaban J connectivity index is 1.70. The number of benzene rings is 2. The quantitative estimate of drug-likeness (QED) is 0.250. The fraction of sp³-hybridized carbons (Fsp3) is 0.423. The van der Waals surface area contributed by atoms with Crippen LogP contribution < -0.4 is 9.47 Å². The van der Waals surface area contributed by atoms with E-state index < -0.39 is 73.8 Å². The summed E-state index contributed by atoms with van der Waals surface area (Å²) in [5.41, 5.74) is -0.385. The van der Waals surface area contributed by atoms with E-state index in [1.807, 2.05) is 30.3 Å². The molecule has 10 nitrogen and oxygen atoms in total. The molecule has 1 unspecified atom stereocenters. The Morgan fingerprint density at radius 3 is 2.28 bits per heavy atom. The van der Waals surface area contributed by atoms with Crippen LogP contribution in [0.5, 0.6) is 11.6 Å². The van der Waals surface area contributed by atoms with Gasteiger partial charge in [-0.3, -0.25) is 4.68 Å². The Bertz CT molecular complexity index is 1220. The standard InChI is InChI=1S/C26H29F3N2O8/c27-26(28,29)23-17(12-16-8-4-5-9-18(16)37-14-15-6-2-1-3-7-15)24(30-31(23)10-11-32)39-25-22(36)21(35)20(34)19(13-33)38-25/h1-9,19-22,25,32-36H,10-14H2/t19-,20-,21+,22-,25?/m1/s1. The minimum absolute atomic E-state index is 0.169. The summed E-state index contributed by atoms with van der Waals surface area (Å²) in [5.74, 6) is -0.249. The number of hydrogen-bond donors (Lipinski definition) is 5. The van der Waals surface area contributed by atoms with Crippen molar-refractivity contribution < 1.29 is 52.9 Å². The second kappa shape index (κ2) is 12.3. The molecule has 5 atom stereocenters. The van der Waals surface area contributed by atoms with Crippen molar-refractivity contribution in [1.29, 1.82) is 0 Å². The van der Waals surface area contributed by atoms with Crippen molar-refractivity contribution in [3.8, 4) is 11.6 Å². The predicted octanol–water partition coefficient (Wildman–Crippen LogP) is 1.24. The first-order valence-corrected chi connectivity index (χ1v) is 12.1. The lowest BCUT2D eigenvalue weighted by atomic mass is 9.99. The van der Waals surface area contributed by atoms with E-state index in [9.17, 15) is 38.7 Å². The van der Waals surface area contributed by atoms with Crippen molar-refractivity contribution >= 4 is 0 Å². The smallest absolute Gasteiger partial charge is 0.433 e. The van der Waals surface area contributed by atoms with Crippen LogP contribution in [0.4, 0.5) is 13.2 Å². The zero-order chi connectivity index (χ0) is 28.2. The van der Waals surface area contributed by atoms with Crippen molar-refractivity contribution in [2.75, 3.05) is 13.2 Å². The van der Waals surface area contributed by atoms with E-state index in [0.29, 0.717) is 16.0 Å². The van der Waals surface area contributed by atoms with Crippen LogP contribution in [0.15, 0.2) is 54.6 Å². The molecular formula is C26H29F3N2O8. The molecule has 3 aromatic rings. The molecule has 2 heterocycles. The maximum absolute atomic E-state index is 14.3. The third-order valence-corrected chi connectivity index (χ3v) is 6.25. The van der Waals surface area contributed by atoms with E-state index in [0.717, 1.165) is 5.56 Å². The molecule has 1 saturated heterocycles. The second-order valence-corrected chi connectivity index (χ2v) is 8.95. The molecule has 1 aromatic heterocycles. The number of aliphatic hydroxyl groups excluding tert-OH is 5. The van der Waals surface area contributed by atoms with Crippen molar-refractivity contribution in [3.63, 3.8) is 0 Å². The Morgan fingerprint density at radius 1 is 0.923 bits per heavy atom. The minimum Gasteiger partial charge on any atom is -0.489 e. The van der Waals surface area contributed by atoms with E-state index in [1.165, 1.54) is 0 Å². The van der Waals surface area contributed by atoms with Crippen LogP contribution in [0, 0.1) is 0 Å². The Kier molecular flexibility index (Phi) is 9.10. The molecule has 1 aliphatic rings. The van der Waals surface area contributed by atoms with Gasteiger partial charge in [-0.2, -0.15) is 13.2 Å². The van der Waals surface area contributed by atoms with Gasteiger partial charge < -0.3 is 39.7 Å². The minimum atomic E-state index is -4.91. The Morgan fingerprint density at radius 2 is 1.62 bits per heavy atom. The fourth-order valence-electron chi connectivity index (χ4n) is 4.30. The molecule has 1 aliphatic heterocycles. The summed E-state index contributed by atoms with van der Waals surface area (Å²) in [7, 11) is 0. The number of rotatable bonds is 10. The van der Waals surface area contributed by atoms with Crippen LogP contribution in [0.3, 0.4) is 0 Å². The van der Waals surface area contributed by atoms with Gasteiger partial charge in [0, 0.05) is 6.42 Å². The summed E-state index contributed by atoms with van der Waals surface area (Å²) in [6, 6.07) is 15.7. The molecular weight excluding hydrogens is 525 g/mol. The monoisotopic (exact) mass is 554 g/mol. The predicted molar refractivity (Wildman–Crippen MR) is 129 cm³/mol. The highest BCUT2D eigenvalue weighted by Gasteiger charge is 2.46. The van der Waals surface area contributed by atoms with Crippen LogP contribution in [-0.4, -0.2) is 79.2 Å². The summed E-state index contributed by atoms with van der Waals surface area (Å²) < 4.78 is 60.2. The van der Waals surface area contributed by atoms with Crippen LogP contribution in [0.25, 0.3) is 0 Å². The van der Waals surface area contributed by atoms with Gasteiger partial charge in [-0.1, -0.05) is 48.5 Å². The highest BCUT2D eigenvalue weighted by molar-refractivity contribution is 5.43. The molecule has 0 bridgehead atoms. The van der Waals surface area contributed by atoms with Crippen LogP contribution in [0.1, 0.15) is 22.4 Å². The number of halogens is 3. The molecule has 0 saturated carbocycles. The highest BCUT2D eigenvalue weighted by atomic mass is 19.4. The van der Waals surface area contributed by atoms with Crippen LogP contribution in [0.2, 0.25) is 0 Å². The lowest BCUT2D eigenvalue weighted by Gasteiger charge is -2.39. The van der Waals surface area contributed by atoms with E-state index in [-0.39, 0.29) is 13.0 Å². The normalized spacial score (nSPS) is 23.5. The lowest BCUT2D eigenvalue weighted by Crippen LogP contribution is -2.60. The molecule has 0 aliphatic carbocycles. The molecule has 1 fully saturated rings. The number of ether oxygens (including phenoxy) is 3. The first-order chi connectivity index (χ1) is 18.6. The fourth-order valence-corrected chi connectivity index (χ4v) is 4.30. The first-order valence-electron chi connectivity index (χ1n) is 12.1. The maximum Gasteiger partial charge on any atom is 0.433 e. The zero-order valence-electron chi connectivity index (χ0n) is 20.6. The van der Waals surface area contributed by atoms with Gasteiger partial charge in [0.15, 0.2) is 0 Å². The molecule has 39 heavy (non-hydrogen) atoms. The molecule has 0 radical (unpaired) electrons. The van der Waals surface area contributed by atoms with Gasteiger partial charge in [0.2, 0.25) is 12.2 Å². The number of hydrogen-bond acceptors (Lipinski definition) is 9. The number of nitrogens with zero attached hydrogens (tertiary/aromatic N) is 2. The highest BCUT2D eigenvalue weighted by Crippen LogP contribution is 2.39. The number of aromatic nitrogens is 2. The van der Waals surface area contributed by atoms with E-state index in [1.54, 1.807) is 24.3 Å². The van der Waals surface area contributed by atoms with Gasteiger partial charge in [-0.25, -0.2) is 0 Å². The SMILES string of the molecule is OCCn1nc(OC2O[C@H](CO)[C@@H](O)[C@H](O)[C@H]2O)c(Cc2ccccc2OCc2ccccc2)c1C(F)(F)F. The molecule has 13 heteroatoms. The summed E-state index contributed by atoms with van der Waals surface area (Å²) in [5, 5.41) is 53.2. The van der Waals surface area contributed by atoms with Crippen molar-refractivity contribution in [1.82, 2.24) is 9.78 Å². The van der Waals surface area contributed by atoms with E-state index >= 15 is 0 Å². The van der Waals surface area contributed by atoms with Gasteiger partial charge in [-0.15, -0.1) is 5.10 Å². The molecule has 0 spiro atoms. The molecule has 2 aromatic carbocycles. The topological polar surface area (TPSA) is 147 Å². The average molecular weight is 555 g/mol. The van der Waals surface area contributed by atoms with Crippen molar-refractivity contribution in [2.24, 2.45) is 0 Å². The van der Waals surface area contributed by atoms with Gasteiger partial charge in [0.1, 0.15) is 42.5 Å². The van der Waals surface area contributed by atoms with Gasteiger partial charge >= 0.3 is 6.18 Å². The van der Waals surface area contributed by atoms with Crippen molar-refractivity contribution in [2.45, 2.75) is 56.5 Å². The zero-order valence-corrected chi connectivity index (χ0v) is 20.6. The third kappa shape index (κ3) is 6.52. The van der Waals surface area contributed by atoms with Gasteiger partial charge in [-0.05, 0) is 17.2 Å². The molecule has 0 amide bonds. The first kappa shape index (κ1) is 28.8. The number of alkyl halides is 3. The maximum atomic E-state index is 14.3. The average Bonchev–Trinajstić information content (AvgIpc) is 3.26. The summed E-state index contributed by atoms with van der Waals surface area (Å²) in [6.45, 7) is -1.75. The largest absolute Gasteiger partial charge is 0.489 e. The summed E-state index contributed by atoms with van der Waals surface area (Å²) in [6.07, 6.45) is -13.7. The lowest BCUT2D eigenvalue weighted by molar-refractivity contribution is -0.278. The molecule has 5 N–H and O–H groups in total. The van der Waals surface area contributed by atoms with Gasteiger partial charge in [0.05, 0.1) is 25.3 Å². The third-order valence-electron chi connectivity index (χ3n) is 6.25. The summed E-state index contributed by atoms with van der Waals surface area (Å²) >= 11 is 0. The summed E-state index contributed by atoms with van der Waals surface area (Å²) in [4.78, 5) is 0. The van der Waals surface area contributed by atoms with E-state index in [2.05, 4.69) is 5.10 Å². The van der Waals surface area contributed by atoms with E-state index in [4.69, 9.17) is 14.2 Å². The molecule has 212 valence electrons. The van der Waals surface area contributed by atoms with Crippen LogP contribution >= 0.6 is 0 Å². The second-order valence-electron chi connectivity index (χ2n) is 8.95. The van der Waals surface area contributed by atoms with Crippen LogP contribution in [-0.2, 0) is 30.5 Å². The molecule has 4 rings (SSSR count). The van der Waals surface area contributed by atoms with Crippen molar-refractivity contribution in [3.05, 3.63) is 77.0 Å². The number of para-hydroxylation sites is 1. The Hall–Kier alpha value is -3.20. The Labute approximate surface area is 221 Å². The number of aliphatic hydroxyl groups is 5. The van der Waals surface area contributed by atoms with Gasteiger partial charge in [0.25, 0.3) is 0 Å².